The van der Waals surface area contributed by atoms with E-state index >= 15 is 0 Å². The number of likely N-dealkylation sites (N-methyl/N-ethyl adjacent to an activating group) is 1. The SMILES string of the molecule is COC1C[C@H](C(=O)Nc2ccc3c(c2)CCN(C)C3)N(C(=O)Nc2ccccc2)C1. The predicted molar refractivity (Wildman–Crippen MR) is 116 cm³/mol. The van der Waals surface area contributed by atoms with E-state index in [1.165, 1.54) is 11.1 Å². The third kappa shape index (κ3) is 4.47. The van der Waals surface area contributed by atoms with Gasteiger partial charge in [0.25, 0.3) is 0 Å². The van der Waals surface area contributed by atoms with Crippen molar-refractivity contribution in [3.8, 4) is 0 Å². The fourth-order valence-electron chi connectivity index (χ4n) is 4.16. The lowest BCUT2D eigenvalue weighted by atomic mass is 9.99. The second-order valence-electron chi connectivity index (χ2n) is 8.02. The molecule has 1 unspecified atom stereocenters. The molecule has 2 atom stereocenters. The number of fused-ring (bicyclic) bond motifs is 1. The van der Waals surface area contributed by atoms with Crippen molar-refractivity contribution in [1.29, 1.82) is 0 Å². The minimum Gasteiger partial charge on any atom is -0.380 e. The average molecular weight is 409 g/mol. The second-order valence-corrected chi connectivity index (χ2v) is 8.02. The van der Waals surface area contributed by atoms with Crippen LogP contribution >= 0.6 is 0 Å². The molecule has 7 nitrogen and oxygen atoms in total. The molecule has 158 valence electrons. The third-order valence-electron chi connectivity index (χ3n) is 5.86. The molecule has 4 rings (SSSR count). The molecule has 2 aromatic rings. The number of likely N-dealkylation sites (tertiary alicyclic amines) is 1. The Morgan fingerprint density at radius 1 is 1.03 bits per heavy atom. The van der Waals surface area contributed by atoms with E-state index in [9.17, 15) is 9.59 Å². The molecule has 0 radical (unpaired) electrons. The monoisotopic (exact) mass is 408 g/mol. The number of para-hydroxylation sites is 1. The lowest BCUT2D eigenvalue weighted by molar-refractivity contribution is -0.119. The van der Waals surface area contributed by atoms with Gasteiger partial charge in [0, 0.05) is 44.5 Å². The summed E-state index contributed by atoms with van der Waals surface area (Å²) in [5, 5.41) is 5.88. The number of carbonyl (C=O) groups is 2. The lowest BCUT2D eigenvalue weighted by Crippen LogP contribution is -2.45. The molecular formula is C23H28N4O3. The molecule has 2 aliphatic heterocycles. The van der Waals surface area contributed by atoms with E-state index in [0.717, 1.165) is 25.2 Å². The molecule has 0 bridgehead atoms. The molecule has 2 aliphatic rings. The Kier molecular flexibility index (Phi) is 6.01. The smallest absolute Gasteiger partial charge is 0.322 e. The van der Waals surface area contributed by atoms with Crippen LogP contribution in [0.2, 0.25) is 0 Å². The summed E-state index contributed by atoms with van der Waals surface area (Å²) < 4.78 is 5.45. The van der Waals surface area contributed by atoms with E-state index < -0.39 is 6.04 Å². The number of hydrogen-bond donors (Lipinski definition) is 2. The molecule has 30 heavy (non-hydrogen) atoms. The molecule has 7 heteroatoms. The van der Waals surface area contributed by atoms with Crippen molar-refractivity contribution in [2.75, 3.05) is 37.9 Å². The van der Waals surface area contributed by atoms with Gasteiger partial charge in [-0.1, -0.05) is 24.3 Å². The van der Waals surface area contributed by atoms with Crippen LogP contribution in [-0.2, 0) is 22.5 Å². The average Bonchev–Trinajstić information content (AvgIpc) is 3.19. The van der Waals surface area contributed by atoms with Gasteiger partial charge in [-0.2, -0.15) is 0 Å². The summed E-state index contributed by atoms with van der Waals surface area (Å²) >= 11 is 0. The number of urea groups is 1. The van der Waals surface area contributed by atoms with E-state index in [1.54, 1.807) is 12.0 Å². The Hall–Kier alpha value is -2.90. The normalized spacial score (nSPS) is 21.2. The number of nitrogens with zero attached hydrogens (tertiary/aromatic N) is 2. The molecule has 0 spiro atoms. The summed E-state index contributed by atoms with van der Waals surface area (Å²) in [5.41, 5.74) is 4.03. The van der Waals surface area contributed by atoms with Gasteiger partial charge in [0.2, 0.25) is 5.91 Å². The van der Waals surface area contributed by atoms with Crippen molar-refractivity contribution >= 4 is 23.3 Å². The Bertz CT molecular complexity index is 918. The van der Waals surface area contributed by atoms with Gasteiger partial charge in [0.1, 0.15) is 6.04 Å². The van der Waals surface area contributed by atoms with Crippen molar-refractivity contribution in [2.45, 2.75) is 31.5 Å². The number of benzene rings is 2. The van der Waals surface area contributed by atoms with Gasteiger partial charge in [-0.05, 0) is 48.9 Å². The topological polar surface area (TPSA) is 73.9 Å². The molecule has 1 fully saturated rings. The van der Waals surface area contributed by atoms with Crippen LogP contribution in [0.15, 0.2) is 48.5 Å². The second kappa shape index (κ2) is 8.85. The van der Waals surface area contributed by atoms with Crippen LogP contribution in [0.4, 0.5) is 16.2 Å². The van der Waals surface area contributed by atoms with E-state index in [-0.39, 0.29) is 18.0 Å². The van der Waals surface area contributed by atoms with Crippen LogP contribution < -0.4 is 10.6 Å². The zero-order valence-electron chi connectivity index (χ0n) is 17.4. The first-order valence-corrected chi connectivity index (χ1v) is 10.3. The summed E-state index contributed by atoms with van der Waals surface area (Å²) in [4.78, 5) is 29.8. The maximum atomic E-state index is 13.1. The van der Waals surface area contributed by atoms with Gasteiger partial charge >= 0.3 is 6.03 Å². The number of anilines is 2. The Morgan fingerprint density at radius 2 is 1.83 bits per heavy atom. The van der Waals surface area contributed by atoms with Crippen LogP contribution in [0.5, 0.6) is 0 Å². The van der Waals surface area contributed by atoms with Crippen LogP contribution in [0.3, 0.4) is 0 Å². The summed E-state index contributed by atoms with van der Waals surface area (Å²) in [6.07, 6.45) is 1.28. The zero-order valence-corrected chi connectivity index (χ0v) is 17.4. The largest absolute Gasteiger partial charge is 0.380 e. The third-order valence-corrected chi connectivity index (χ3v) is 5.86. The number of ether oxygens (including phenoxy) is 1. The highest BCUT2D eigenvalue weighted by atomic mass is 16.5. The van der Waals surface area contributed by atoms with E-state index in [1.807, 2.05) is 36.4 Å². The predicted octanol–water partition coefficient (Wildman–Crippen LogP) is 2.93. The molecule has 2 aromatic carbocycles. The summed E-state index contributed by atoms with van der Waals surface area (Å²) in [7, 11) is 3.72. The molecule has 2 heterocycles. The maximum Gasteiger partial charge on any atom is 0.322 e. The lowest BCUT2D eigenvalue weighted by Gasteiger charge is -2.26. The highest BCUT2D eigenvalue weighted by Crippen LogP contribution is 2.25. The van der Waals surface area contributed by atoms with E-state index in [2.05, 4.69) is 34.7 Å². The number of methoxy groups -OCH3 is 1. The number of rotatable bonds is 4. The molecule has 3 amide bonds. The van der Waals surface area contributed by atoms with Crippen molar-refractivity contribution in [2.24, 2.45) is 0 Å². The summed E-state index contributed by atoms with van der Waals surface area (Å²) in [6.45, 7) is 2.31. The minimum atomic E-state index is -0.583. The van der Waals surface area contributed by atoms with Crippen LogP contribution in [0.1, 0.15) is 17.5 Å². The van der Waals surface area contributed by atoms with Crippen molar-refractivity contribution in [1.82, 2.24) is 9.80 Å². The number of carbonyl (C=O) groups excluding carboxylic acids is 2. The number of nitrogens with one attached hydrogen (secondary N) is 2. The first kappa shape index (κ1) is 20.4. The van der Waals surface area contributed by atoms with Crippen molar-refractivity contribution in [3.63, 3.8) is 0 Å². The fourth-order valence-corrected chi connectivity index (χ4v) is 4.16. The Morgan fingerprint density at radius 3 is 2.60 bits per heavy atom. The van der Waals surface area contributed by atoms with Gasteiger partial charge < -0.3 is 25.2 Å². The summed E-state index contributed by atoms with van der Waals surface area (Å²) in [5.74, 6) is -0.189. The first-order chi connectivity index (χ1) is 14.5. The highest BCUT2D eigenvalue weighted by molar-refractivity contribution is 5.99. The number of hydrogen-bond acceptors (Lipinski definition) is 4. The standard InChI is InChI=1S/C23H28N4O3/c1-26-11-10-16-12-19(9-8-17(16)14-26)24-22(28)21-13-20(30-2)15-27(21)23(29)25-18-6-4-3-5-7-18/h3-9,12,20-21H,10-11,13-15H2,1-2H3,(H,24,28)(H,25,29)/t20?,21-/m1/s1. The first-order valence-electron chi connectivity index (χ1n) is 10.3. The van der Waals surface area contributed by atoms with Gasteiger partial charge in [0.05, 0.1) is 6.10 Å². The van der Waals surface area contributed by atoms with Gasteiger partial charge in [-0.25, -0.2) is 4.79 Å². The fraction of sp³-hybridized carbons (Fsp3) is 0.391. The number of amides is 3. The molecule has 1 saturated heterocycles. The quantitative estimate of drug-likeness (QED) is 0.816. The van der Waals surface area contributed by atoms with Crippen molar-refractivity contribution < 1.29 is 14.3 Å². The van der Waals surface area contributed by atoms with Gasteiger partial charge in [0.15, 0.2) is 0 Å². The molecule has 0 saturated carbocycles. The maximum absolute atomic E-state index is 13.1. The van der Waals surface area contributed by atoms with Crippen LogP contribution in [0.25, 0.3) is 0 Å². The molecule has 0 aromatic heterocycles. The van der Waals surface area contributed by atoms with Gasteiger partial charge in [-0.3, -0.25) is 4.79 Å². The Balaban J connectivity index is 1.46. The Labute approximate surface area is 177 Å². The van der Waals surface area contributed by atoms with E-state index in [0.29, 0.717) is 18.7 Å². The highest BCUT2D eigenvalue weighted by Gasteiger charge is 2.40. The molecular weight excluding hydrogens is 380 g/mol. The minimum absolute atomic E-state index is 0.165. The summed E-state index contributed by atoms with van der Waals surface area (Å²) in [6, 6.07) is 14.4. The zero-order chi connectivity index (χ0) is 21.1. The molecule has 0 aliphatic carbocycles. The molecule has 2 N–H and O–H groups in total. The van der Waals surface area contributed by atoms with Crippen LogP contribution in [-0.4, -0.2) is 61.1 Å². The van der Waals surface area contributed by atoms with E-state index in [4.69, 9.17) is 4.74 Å². The van der Waals surface area contributed by atoms with Gasteiger partial charge in [-0.15, -0.1) is 0 Å². The van der Waals surface area contributed by atoms with Crippen LogP contribution in [0, 0.1) is 0 Å². The van der Waals surface area contributed by atoms with Crippen molar-refractivity contribution in [3.05, 3.63) is 59.7 Å².